The highest BCUT2D eigenvalue weighted by Gasteiger charge is 2.19. The molecule has 1 aromatic heterocycles. The number of benzene rings is 2. The first-order valence-corrected chi connectivity index (χ1v) is 7.18. The van der Waals surface area contributed by atoms with Crippen LogP contribution < -0.4 is 4.90 Å². The number of H-pyrrole nitrogens is 1. The minimum Gasteiger partial charge on any atom is -0.476 e. The van der Waals surface area contributed by atoms with Crippen molar-refractivity contribution in [3.8, 4) is 11.1 Å². The summed E-state index contributed by atoms with van der Waals surface area (Å²) < 4.78 is 0. The predicted octanol–water partition coefficient (Wildman–Crippen LogP) is 3.59. The second-order valence-electron chi connectivity index (χ2n) is 4.91. The Bertz CT molecular complexity index is 828. The molecule has 3 rings (SSSR count). The number of nitrogens with one attached hydrogen (secondary N) is 1. The molecule has 7 heteroatoms. The molecule has 2 N–H and O–H groups in total. The Hall–Kier alpha value is -2.86. The molecular weight excluding hydrogens is 316 g/mol. The maximum atomic E-state index is 11.1. The van der Waals surface area contributed by atoms with Crippen LogP contribution in [0.15, 0.2) is 48.5 Å². The third kappa shape index (κ3) is 3.02. The van der Waals surface area contributed by atoms with Gasteiger partial charge in [0, 0.05) is 17.8 Å². The average molecular weight is 329 g/mol. The maximum Gasteiger partial charge on any atom is 0.360 e. The van der Waals surface area contributed by atoms with E-state index in [2.05, 4.69) is 15.4 Å². The predicted molar refractivity (Wildman–Crippen MR) is 88.3 cm³/mol. The quantitative estimate of drug-likeness (QED) is 0.764. The number of halogens is 1. The van der Waals surface area contributed by atoms with Crippen LogP contribution in [0, 0.1) is 0 Å². The number of carboxylic acids is 1. The van der Waals surface area contributed by atoms with Crippen molar-refractivity contribution >= 4 is 29.1 Å². The Morgan fingerprint density at radius 3 is 2.17 bits per heavy atom. The zero-order valence-corrected chi connectivity index (χ0v) is 12.9. The topological polar surface area (TPSA) is 82.1 Å². The zero-order valence-electron chi connectivity index (χ0n) is 12.2. The molecule has 0 amide bonds. The number of aromatic nitrogens is 3. The summed E-state index contributed by atoms with van der Waals surface area (Å²) in [5.74, 6) is -0.866. The average Bonchev–Trinajstić information content (AvgIpc) is 3.05. The van der Waals surface area contributed by atoms with Crippen molar-refractivity contribution in [3.05, 3.63) is 59.2 Å². The highest BCUT2D eigenvalue weighted by Crippen LogP contribution is 2.27. The van der Waals surface area contributed by atoms with Crippen LogP contribution in [0.2, 0.25) is 5.02 Å². The molecule has 0 aliphatic rings. The molecule has 0 saturated heterocycles. The van der Waals surface area contributed by atoms with E-state index >= 15 is 0 Å². The van der Waals surface area contributed by atoms with Gasteiger partial charge in [-0.2, -0.15) is 5.21 Å². The van der Waals surface area contributed by atoms with E-state index in [1.54, 1.807) is 11.9 Å². The molecule has 2 aromatic carbocycles. The fraction of sp³-hybridized carbons (Fsp3) is 0.0625. The Morgan fingerprint density at radius 1 is 1.04 bits per heavy atom. The van der Waals surface area contributed by atoms with Gasteiger partial charge in [0.25, 0.3) is 0 Å². The molecule has 0 bridgehead atoms. The van der Waals surface area contributed by atoms with Crippen molar-refractivity contribution in [2.24, 2.45) is 0 Å². The molecule has 0 unspecified atom stereocenters. The fourth-order valence-corrected chi connectivity index (χ4v) is 2.37. The smallest absolute Gasteiger partial charge is 0.360 e. The summed E-state index contributed by atoms with van der Waals surface area (Å²) in [5.41, 5.74) is 2.78. The second-order valence-corrected chi connectivity index (χ2v) is 5.35. The second kappa shape index (κ2) is 6.10. The molecular formula is C16H13ClN4O2. The number of hydrogen-bond donors (Lipinski definition) is 2. The van der Waals surface area contributed by atoms with Crippen LogP contribution in [-0.2, 0) is 0 Å². The van der Waals surface area contributed by atoms with E-state index in [4.69, 9.17) is 16.7 Å². The lowest BCUT2D eigenvalue weighted by atomic mass is 10.1. The number of nitrogens with zero attached hydrogens (tertiary/aromatic N) is 3. The number of rotatable bonds is 4. The molecule has 23 heavy (non-hydrogen) atoms. The summed E-state index contributed by atoms with van der Waals surface area (Å²) in [6.07, 6.45) is 0. The molecule has 0 spiro atoms. The van der Waals surface area contributed by atoms with Gasteiger partial charge in [-0.05, 0) is 35.4 Å². The van der Waals surface area contributed by atoms with Crippen LogP contribution in [0.25, 0.3) is 11.1 Å². The van der Waals surface area contributed by atoms with Gasteiger partial charge in [0.05, 0.1) is 0 Å². The van der Waals surface area contributed by atoms with E-state index in [1.165, 1.54) is 0 Å². The van der Waals surface area contributed by atoms with Crippen LogP contribution in [0.1, 0.15) is 10.5 Å². The van der Waals surface area contributed by atoms with Gasteiger partial charge in [0.2, 0.25) is 5.69 Å². The molecule has 0 atom stereocenters. The maximum absolute atomic E-state index is 11.1. The molecule has 116 valence electrons. The van der Waals surface area contributed by atoms with Crippen molar-refractivity contribution < 1.29 is 9.90 Å². The van der Waals surface area contributed by atoms with Crippen molar-refractivity contribution in [1.29, 1.82) is 0 Å². The molecule has 0 radical (unpaired) electrons. The van der Waals surface area contributed by atoms with Gasteiger partial charge in [-0.15, -0.1) is 10.2 Å². The number of carbonyl (C=O) groups is 1. The van der Waals surface area contributed by atoms with Crippen molar-refractivity contribution in [3.63, 3.8) is 0 Å². The van der Waals surface area contributed by atoms with Gasteiger partial charge in [-0.3, -0.25) is 0 Å². The van der Waals surface area contributed by atoms with Crippen molar-refractivity contribution in [2.45, 2.75) is 0 Å². The van der Waals surface area contributed by atoms with Gasteiger partial charge in [0.15, 0.2) is 5.82 Å². The van der Waals surface area contributed by atoms with Crippen LogP contribution in [0.4, 0.5) is 11.5 Å². The zero-order chi connectivity index (χ0) is 16.4. The van der Waals surface area contributed by atoms with Crippen molar-refractivity contribution in [1.82, 2.24) is 15.4 Å². The highest BCUT2D eigenvalue weighted by molar-refractivity contribution is 6.30. The summed E-state index contributed by atoms with van der Waals surface area (Å²) >= 11 is 5.89. The molecule has 6 nitrogen and oxygen atoms in total. The molecule has 3 aromatic rings. The van der Waals surface area contributed by atoms with Crippen LogP contribution in [0.3, 0.4) is 0 Å². The minimum absolute atomic E-state index is 0.116. The molecule has 0 aliphatic carbocycles. The first kappa shape index (κ1) is 15.1. The van der Waals surface area contributed by atoms with Gasteiger partial charge in [-0.1, -0.05) is 35.9 Å². The monoisotopic (exact) mass is 328 g/mol. The molecule has 0 aliphatic heterocycles. The summed E-state index contributed by atoms with van der Waals surface area (Å²) in [6, 6.07) is 15.3. The third-order valence-corrected chi connectivity index (χ3v) is 3.73. The van der Waals surface area contributed by atoms with Gasteiger partial charge in [-0.25, -0.2) is 4.79 Å². The first-order chi connectivity index (χ1) is 11.1. The van der Waals surface area contributed by atoms with Gasteiger partial charge < -0.3 is 10.0 Å². The fourth-order valence-electron chi connectivity index (χ4n) is 2.24. The highest BCUT2D eigenvalue weighted by atomic mass is 35.5. The van der Waals surface area contributed by atoms with Gasteiger partial charge >= 0.3 is 5.97 Å². The summed E-state index contributed by atoms with van der Waals surface area (Å²) in [4.78, 5) is 12.8. The number of carboxylic acid groups (broad SMARTS) is 1. The lowest BCUT2D eigenvalue weighted by Crippen LogP contribution is -2.14. The van der Waals surface area contributed by atoms with Crippen molar-refractivity contribution in [2.75, 3.05) is 11.9 Å². The normalized spacial score (nSPS) is 10.5. The van der Waals surface area contributed by atoms with Gasteiger partial charge in [0.1, 0.15) is 0 Å². The SMILES string of the molecule is CN(c1ccc(-c2ccc(Cl)cc2)cc1)c1n[nH]nc1C(=O)O. The standard InChI is InChI=1S/C16H13ClN4O2/c1-21(15-14(16(22)23)18-20-19-15)13-8-4-11(5-9-13)10-2-6-12(17)7-3-10/h2-9H,1H3,(H,22,23)(H,18,19,20). The van der Waals surface area contributed by atoms with Crippen LogP contribution in [0.5, 0.6) is 0 Å². The summed E-state index contributed by atoms with van der Waals surface area (Å²) in [7, 11) is 1.74. The first-order valence-electron chi connectivity index (χ1n) is 6.80. The van der Waals surface area contributed by atoms with Crippen LogP contribution >= 0.6 is 11.6 Å². The number of hydrogen-bond acceptors (Lipinski definition) is 4. The largest absolute Gasteiger partial charge is 0.476 e. The Morgan fingerprint density at radius 2 is 1.61 bits per heavy atom. The van der Waals surface area contributed by atoms with E-state index in [0.717, 1.165) is 16.8 Å². The Labute approximate surface area is 137 Å². The number of aromatic amines is 1. The Kier molecular flexibility index (Phi) is 3.99. The molecule has 1 heterocycles. The lowest BCUT2D eigenvalue weighted by molar-refractivity contribution is 0.0691. The van der Waals surface area contributed by atoms with E-state index in [0.29, 0.717) is 5.02 Å². The number of aromatic carboxylic acids is 1. The number of anilines is 2. The van der Waals surface area contributed by atoms with E-state index < -0.39 is 5.97 Å². The molecule has 0 saturated carbocycles. The third-order valence-electron chi connectivity index (χ3n) is 3.48. The summed E-state index contributed by atoms with van der Waals surface area (Å²) in [5, 5.41) is 19.7. The summed E-state index contributed by atoms with van der Waals surface area (Å²) in [6.45, 7) is 0. The minimum atomic E-state index is -1.13. The lowest BCUT2D eigenvalue weighted by Gasteiger charge is -2.17. The van der Waals surface area contributed by atoms with E-state index in [1.807, 2.05) is 48.5 Å². The molecule has 0 fully saturated rings. The Balaban J connectivity index is 1.88. The van der Waals surface area contributed by atoms with Crippen LogP contribution in [-0.4, -0.2) is 33.5 Å². The van der Waals surface area contributed by atoms with E-state index in [9.17, 15) is 4.79 Å². The van der Waals surface area contributed by atoms with E-state index in [-0.39, 0.29) is 11.5 Å².